The van der Waals surface area contributed by atoms with Gasteiger partial charge in [-0.25, -0.2) is 0 Å². The van der Waals surface area contributed by atoms with Crippen molar-refractivity contribution in [3.05, 3.63) is 0 Å². The Hall–Kier alpha value is -1.63. The lowest BCUT2D eigenvalue weighted by atomic mass is 10.1. The molecule has 112 valence electrons. The smallest absolute Gasteiger partial charge is 0.231 e. The Morgan fingerprint density at radius 3 is 2.55 bits per heavy atom. The fourth-order valence-electron chi connectivity index (χ4n) is 2.37. The molecule has 1 fully saturated rings. The molecule has 0 unspecified atom stereocenters. The molecule has 1 aromatic rings. The average Bonchev–Trinajstić information content (AvgIpc) is 2.38. The topological polar surface area (TPSA) is 89.2 Å². The Bertz CT molecular complexity index is 444. The summed E-state index contributed by atoms with van der Waals surface area (Å²) in [4.78, 5) is 15.0. The number of aromatic nitrogens is 3. The van der Waals surface area contributed by atoms with Gasteiger partial charge in [-0.3, -0.25) is 0 Å². The Morgan fingerprint density at radius 2 is 1.90 bits per heavy atom. The van der Waals surface area contributed by atoms with Gasteiger partial charge in [0.05, 0.1) is 12.1 Å². The highest BCUT2D eigenvalue weighted by molar-refractivity contribution is 5.43. The van der Waals surface area contributed by atoms with Crippen LogP contribution in [0, 0.1) is 0 Å². The maximum Gasteiger partial charge on any atom is 0.231 e. The first-order valence-corrected chi connectivity index (χ1v) is 7.04. The second-order valence-electron chi connectivity index (χ2n) is 5.81. The molecule has 0 atom stereocenters. The van der Waals surface area contributed by atoms with Crippen LogP contribution in [0.2, 0.25) is 0 Å². The summed E-state index contributed by atoms with van der Waals surface area (Å²) in [6, 6.07) is 0. The highest BCUT2D eigenvalue weighted by atomic mass is 16.5. The zero-order chi connectivity index (χ0) is 14.6. The van der Waals surface area contributed by atoms with E-state index in [1.165, 1.54) is 19.3 Å². The van der Waals surface area contributed by atoms with Crippen molar-refractivity contribution < 1.29 is 4.74 Å². The van der Waals surface area contributed by atoms with Gasteiger partial charge in [0.1, 0.15) is 0 Å². The quantitative estimate of drug-likeness (QED) is 0.839. The molecule has 7 heteroatoms. The first-order valence-electron chi connectivity index (χ1n) is 7.04. The van der Waals surface area contributed by atoms with Crippen LogP contribution in [0.1, 0.15) is 33.1 Å². The van der Waals surface area contributed by atoms with E-state index in [9.17, 15) is 0 Å². The van der Waals surface area contributed by atoms with Gasteiger partial charge in [0.25, 0.3) is 0 Å². The summed E-state index contributed by atoms with van der Waals surface area (Å²) in [5.74, 6) is 1.41. The van der Waals surface area contributed by atoms with Gasteiger partial charge in [-0.05, 0) is 33.1 Å². The molecule has 0 saturated carbocycles. The van der Waals surface area contributed by atoms with Crippen LogP contribution in [-0.2, 0) is 4.74 Å². The second kappa shape index (κ2) is 6.21. The number of piperidine rings is 1. The number of anilines is 3. The molecule has 1 aromatic heterocycles. The lowest BCUT2D eigenvalue weighted by Gasteiger charge is -2.28. The molecule has 20 heavy (non-hydrogen) atoms. The summed E-state index contributed by atoms with van der Waals surface area (Å²) in [5.41, 5.74) is 5.54. The minimum Gasteiger partial charge on any atom is -0.382 e. The third-order valence-corrected chi connectivity index (χ3v) is 3.24. The minimum atomic E-state index is -0.262. The van der Waals surface area contributed by atoms with Crippen LogP contribution >= 0.6 is 0 Å². The standard InChI is InChI=1S/C13H24N6O/c1-13(2,9-20-3)18-11-15-10(14)16-12(17-11)19-7-5-4-6-8-19/h4-9H2,1-3H3,(H3,14,15,16,17,18). The van der Waals surface area contributed by atoms with Gasteiger partial charge in [-0.2, -0.15) is 15.0 Å². The van der Waals surface area contributed by atoms with E-state index in [0.717, 1.165) is 13.1 Å². The summed E-state index contributed by atoms with van der Waals surface area (Å²) in [5, 5.41) is 3.25. The molecule has 0 amide bonds. The average molecular weight is 280 g/mol. The van der Waals surface area contributed by atoms with Gasteiger partial charge < -0.3 is 20.7 Å². The maximum absolute atomic E-state index is 5.80. The Kier molecular flexibility index (Phi) is 4.59. The fraction of sp³-hybridized carbons (Fsp3) is 0.769. The van der Waals surface area contributed by atoms with Crippen LogP contribution < -0.4 is 16.0 Å². The summed E-state index contributed by atoms with van der Waals surface area (Å²) >= 11 is 0. The third kappa shape index (κ3) is 3.93. The number of nitrogens with two attached hydrogens (primary N) is 1. The second-order valence-corrected chi connectivity index (χ2v) is 5.81. The van der Waals surface area contributed by atoms with Crippen LogP contribution in [0.25, 0.3) is 0 Å². The van der Waals surface area contributed by atoms with Gasteiger partial charge in [0, 0.05) is 20.2 Å². The van der Waals surface area contributed by atoms with E-state index in [1.807, 2.05) is 13.8 Å². The molecular formula is C13H24N6O. The van der Waals surface area contributed by atoms with E-state index in [-0.39, 0.29) is 11.5 Å². The molecule has 0 radical (unpaired) electrons. The molecule has 0 aromatic carbocycles. The van der Waals surface area contributed by atoms with Crippen molar-refractivity contribution in [1.29, 1.82) is 0 Å². The molecule has 0 spiro atoms. The Morgan fingerprint density at radius 1 is 1.20 bits per heavy atom. The van der Waals surface area contributed by atoms with Gasteiger partial charge in [-0.1, -0.05) is 0 Å². The van der Waals surface area contributed by atoms with Crippen molar-refractivity contribution >= 4 is 17.8 Å². The molecule has 0 aliphatic carbocycles. The van der Waals surface area contributed by atoms with E-state index in [2.05, 4.69) is 25.2 Å². The molecule has 1 aliphatic heterocycles. The van der Waals surface area contributed by atoms with Crippen LogP contribution in [0.15, 0.2) is 0 Å². The number of nitrogens with one attached hydrogen (secondary N) is 1. The number of hydrogen-bond donors (Lipinski definition) is 2. The van der Waals surface area contributed by atoms with Crippen molar-refractivity contribution in [2.75, 3.05) is 42.8 Å². The maximum atomic E-state index is 5.80. The number of nitrogens with zero attached hydrogens (tertiary/aromatic N) is 4. The zero-order valence-electron chi connectivity index (χ0n) is 12.5. The number of hydrogen-bond acceptors (Lipinski definition) is 7. The first kappa shape index (κ1) is 14.8. The highest BCUT2D eigenvalue weighted by Gasteiger charge is 2.21. The monoisotopic (exact) mass is 280 g/mol. The predicted octanol–water partition coefficient (Wildman–Crippen LogP) is 1.28. The van der Waals surface area contributed by atoms with E-state index < -0.39 is 0 Å². The van der Waals surface area contributed by atoms with Gasteiger partial charge in [0.2, 0.25) is 17.8 Å². The van der Waals surface area contributed by atoms with Crippen molar-refractivity contribution in [2.45, 2.75) is 38.6 Å². The number of methoxy groups -OCH3 is 1. The summed E-state index contributed by atoms with van der Waals surface area (Å²) < 4.78 is 5.18. The van der Waals surface area contributed by atoms with Crippen LogP contribution in [-0.4, -0.2) is 47.3 Å². The lowest BCUT2D eigenvalue weighted by Crippen LogP contribution is -2.37. The number of rotatable bonds is 5. The van der Waals surface area contributed by atoms with E-state index >= 15 is 0 Å². The summed E-state index contributed by atoms with van der Waals surface area (Å²) in [6.45, 7) is 6.56. The fourth-order valence-corrected chi connectivity index (χ4v) is 2.37. The van der Waals surface area contributed by atoms with E-state index in [0.29, 0.717) is 18.5 Å². The SMILES string of the molecule is COCC(C)(C)Nc1nc(N)nc(N2CCCCC2)n1. The largest absolute Gasteiger partial charge is 0.382 e. The summed E-state index contributed by atoms with van der Waals surface area (Å²) in [6.07, 6.45) is 3.61. The van der Waals surface area contributed by atoms with Crippen molar-refractivity contribution in [1.82, 2.24) is 15.0 Å². The van der Waals surface area contributed by atoms with Crippen LogP contribution in [0.5, 0.6) is 0 Å². The molecule has 0 bridgehead atoms. The zero-order valence-corrected chi connectivity index (χ0v) is 12.5. The number of nitrogen functional groups attached to an aromatic ring is 1. The highest BCUT2D eigenvalue weighted by Crippen LogP contribution is 2.19. The molecule has 3 N–H and O–H groups in total. The van der Waals surface area contributed by atoms with E-state index in [1.54, 1.807) is 7.11 Å². The number of ether oxygens (including phenoxy) is 1. The molecule has 2 heterocycles. The molecular weight excluding hydrogens is 256 g/mol. The predicted molar refractivity (Wildman–Crippen MR) is 79.9 cm³/mol. The Balaban J connectivity index is 2.15. The van der Waals surface area contributed by atoms with Crippen molar-refractivity contribution in [3.8, 4) is 0 Å². The Labute approximate surface area is 119 Å². The van der Waals surface area contributed by atoms with Crippen molar-refractivity contribution in [3.63, 3.8) is 0 Å². The third-order valence-electron chi connectivity index (χ3n) is 3.24. The molecule has 1 saturated heterocycles. The minimum absolute atomic E-state index is 0.247. The molecule has 7 nitrogen and oxygen atoms in total. The van der Waals surface area contributed by atoms with Gasteiger partial charge in [-0.15, -0.1) is 0 Å². The molecule has 2 rings (SSSR count). The normalized spacial score (nSPS) is 16.2. The van der Waals surface area contributed by atoms with Crippen LogP contribution in [0.4, 0.5) is 17.8 Å². The van der Waals surface area contributed by atoms with Crippen LogP contribution in [0.3, 0.4) is 0 Å². The lowest BCUT2D eigenvalue weighted by molar-refractivity contribution is 0.158. The van der Waals surface area contributed by atoms with Gasteiger partial charge in [0.15, 0.2) is 0 Å². The van der Waals surface area contributed by atoms with Gasteiger partial charge >= 0.3 is 0 Å². The van der Waals surface area contributed by atoms with E-state index in [4.69, 9.17) is 10.5 Å². The first-order chi connectivity index (χ1) is 9.50. The molecule has 1 aliphatic rings. The van der Waals surface area contributed by atoms with Crippen molar-refractivity contribution in [2.24, 2.45) is 0 Å². The summed E-state index contributed by atoms with van der Waals surface area (Å²) in [7, 11) is 1.67.